The Hall–Kier alpha value is -1.01. The first-order valence-electron chi connectivity index (χ1n) is 6.61. The molecule has 0 aromatic carbocycles. The predicted octanol–water partition coefficient (Wildman–Crippen LogP) is 0.939. The highest BCUT2D eigenvalue weighted by molar-refractivity contribution is 7.80. The van der Waals surface area contributed by atoms with Gasteiger partial charge in [-0.05, 0) is 18.9 Å². The number of carbonyl (C=O) groups is 1. The molecule has 0 bridgehead atoms. The van der Waals surface area contributed by atoms with Crippen molar-refractivity contribution in [2.24, 2.45) is 0 Å². The fourth-order valence-corrected chi connectivity index (χ4v) is 1.97. The molecule has 5 nitrogen and oxygen atoms in total. The molecule has 0 aromatic heterocycles. The first kappa shape index (κ1) is 16.0. The largest absolute Gasteiger partial charge is 0.379 e. The van der Waals surface area contributed by atoms with Crippen LogP contribution in [-0.2, 0) is 4.79 Å². The van der Waals surface area contributed by atoms with E-state index in [1.807, 2.05) is 32.0 Å². The minimum Gasteiger partial charge on any atom is -0.379 e. The molecule has 1 atom stereocenters. The van der Waals surface area contributed by atoms with Gasteiger partial charge in [0.15, 0.2) is 0 Å². The lowest BCUT2D eigenvalue weighted by Crippen LogP contribution is -2.49. The Kier molecular flexibility index (Phi) is 6.37. The maximum atomic E-state index is 11.6. The van der Waals surface area contributed by atoms with E-state index in [-0.39, 0.29) is 11.3 Å². The van der Waals surface area contributed by atoms with E-state index in [0.29, 0.717) is 18.8 Å². The Balaban J connectivity index is 2.53. The molecule has 0 spiro atoms. The molecule has 0 aliphatic carbocycles. The third-order valence-corrected chi connectivity index (χ3v) is 3.33. The third kappa shape index (κ3) is 5.24. The van der Waals surface area contributed by atoms with Crippen molar-refractivity contribution in [1.82, 2.24) is 15.1 Å². The van der Waals surface area contributed by atoms with Crippen molar-refractivity contribution in [3.05, 3.63) is 11.8 Å². The molecule has 0 saturated carbocycles. The molecular formula is C13H24N4OS. The van der Waals surface area contributed by atoms with Gasteiger partial charge in [-0.3, -0.25) is 9.69 Å². The molecule has 0 radical (unpaired) electrons. The van der Waals surface area contributed by atoms with Crippen LogP contribution in [0, 0.1) is 5.41 Å². The van der Waals surface area contributed by atoms with Gasteiger partial charge in [-0.25, -0.2) is 0 Å². The van der Waals surface area contributed by atoms with Crippen LogP contribution in [0.2, 0.25) is 0 Å². The Morgan fingerprint density at radius 2 is 2.26 bits per heavy atom. The number of hydrogen-bond donors (Lipinski definition) is 3. The van der Waals surface area contributed by atoms with E-state index in [0.717, 1.165) is 25.1 Å². The van der Waals surface area contributed by atoms with Gasteiger partial charge in [-0.1, -0.05) is 6.92 Å². The van der Waals surface area contributed by atoms with Crippen LogP contribution in [0.25, 0.3) is 0 Å². The van der Waals surface area contributed by atoms with Crippen LogP contribution in [0.3, 0.4) is 0 Å². The van der Waals surface area contributed by atoms with Crippen LogP contribution in [0.1, 0.15) is 20.3 Å². The van der Waals surface area contributed by atoms with Crippen LogP contribution < -0.4 is 5.32 Å². The van der Waals surface area contributed by atoms with Crippen molar-refractivity contribution in [2.45, 2.75) is 25.6 Å². The Bertz CT molecular complexity index is 368. The van der Waals surface area contributed by atoms with E-state index < -0.39 is 0 Å². The van der Waals surface area contributed by atoms with Gasteiger partial charge in [0.25, 0.3) is 0 Å². The average molecular weight is 284 g/mol. The summed E-state index contributed by atoms with van der Waals surface area (Å²) in [5.74, 6) is 0.128. The van der Waals surface area contributed by atoms with Crippen molar-refractivity contribution in [3.8, 4) is 0 Å². The molecule has 1 rings (SSSR count). The molecule has 6 heteroatoms. The molecule has 19 heavy (non-hydrogen) atoms. The van der Waals surface area contributed by atoms with Crippen molar-refractivity contribution in [1.29, 1.82) is 5.41 Å². The second kappa shape index (κ2) is 7.55. The van der Waals surface area contributed by atoms with Crippen LogP contribution in [0.15, 0.2) is 11.8 Å². The van der Waals surface area contributed by atoms with Crippen LogP contribution >= 0.6 is 12.6 Å². The monoisotopic (exact) mass is 284 g/mol. The smallest absolute Gasteiger partial charge is 0.236 e. The van der Waals surface area contributed by atoms with Crippen molar-refractivity contribution in [2.75, 3.05) is 33.2 Å². The number of amides is 1. The first-order valence-corrected chi connectivity index (χ1v) is 7.13. The van der Waals surface area contributed by atoms with Gasteiger partial charge in [0.1, 0.15) is 0 Å². The predicted molar refractivity (Wildman–Crippen MR) is 81.8 cm³/mol. The number of piperazine rings is 1. The molecule has 0 aromatic rings. The first-order chi connectivity index (χ1) is 8.93. The van der Waals surface area contributed by atoms with Gasteiger partial charge in [0, 0.05) is 32.9 Å². The molecule has 1 saturated heterocycles. The third-order valence-electron chi connectivity index (χ3n) is 3.19. The second-order valence-corrected chi connectivity index (χ2v) is 5.64. The van der Waals surface area contributed by atoms with Gasteiger partial charge in [0.2, 0.25) is 5.91 Å². The molecule has 2 N–H and O–H groups in total. The zero-order chi connectivity index (χ0) is 14.4. The van der Waals surface area contributed by atoms with Crippen molar-refractivity contribution >= 4 is 24.2 Å². The Morgan fingerprint density at radius 1 is 1.58 bits per heavy atom. The van der Waals surface area contributed by atoms with Gasteiger partial charge < -0.3 is 15.6 Å². The molecule has 0 unspecified atom stereocenters. The summed E-state index contributed by atoms with van der Waals surface area (Å²) in [5, 5.41) is 11.3. The van der Waals surface area contributed by atoms with E-state index in [1.54, 1.807) is 4.90 Å². The Labute approximate surface area is 120 Å². The Morgan fingerprint density at radius 3 is 2.79 bits per heavy atom. The number of thiol groups is 1. The zero-order valence-electron chi connectivity index (χ0n) is 11.9. The number of nitrogens with one attached hydrogen (secondary N) is 2. The van der Waals surface area contributed by atoms with E-state index in [2.05, 4.69) is 17.9 Å². The topological polar surface area (TPSA) is 59.4 Å². The van der Waals surface area contributed by atoms with E-state index in [1.165, 1.54) is 0 Å². The minimum absolute atomic E-state index is 0.0690. The standard InChI is InChI=1S/C13H24N4OS/c1-4-11(7-15-10(2)19)12(14)8-17-6-5-16(3)13(18)9-17/h7,10,14-15,19H,4-6,8-9H2,1-3H3/b11-7-,14-12?/t10-/m0/s1. The molecular weight excluding hydrogens is 260 g/mol. The van der Waals surface area contributed by atoms with Gasteiger partial charge in [-0.15, -0.1) is 0 Å². The van der Waals surface area contributed by atoms with E-state index in [9.17, 15) is 4.79 Å². The summed E-state index contributed by atoms with van der Waals surface area (Å²) in [6.45, 7) is 6.48. The van der Waals surface area contributed by atoms with Crippen molar-refractivity contribution in [3.63, 3.8) is 0 Å². The molecule has 1 aliphatic rings. The summed E-state index contributed by atoms with van der Waals surface area (Å²) in [7, 11) is 1.82. The lowest BCUT2D eigenvalue weighted by atomic mass is 10.1. The van der Waals surface area contributed by atoms with Gasteiger partial charge in [0.05, 0.1) is 17.6 Å². The highest BCUT2D eigenvalue weighted by Gasteiger charge is 2.22. The zero-order valence-corrected chi connectivity index (χ0v) is 12.8. The normalized spacial score (nSPS) is 19.5. The molecule has 1 amide bonds. The fraction of sp³-hybridized carbons (Fsp3) is 0.692. The summed E-state index contributed by atoms with van der Waals surface area (Å²) < 4.78 is 0. The summed E-state index contributed by atoms with van der Waals surface area (Å²) in [4.78, 5) is 15.4. The van der Waals surface area contributed by atoms with E-state index in [4.69, 9.17) is 5.41 Å². The van der Waals surface area contributed by atoms with Crippen LogP contribution in [0.5, 0.6) is 0 Å². The van der Waals surface area contributed by atoms with Crippen molar-refractivity contribution < 1.29 is 4.79 Å². The van der Waals surface area contributed by atoms with Gasteiger partial charge in [-0.2, -0.15) is 12.6 Å². The maximum Gasteiger partial charge on any atom is 0.236 e. The average Bonchev–Trinajstić information content (AvgIpc) is 2.34. The highest BCUT2D eigenvalue weighted by Crippen LogP contribution is 2.07. The lowest BCUT2D eigenvalue weighted by molar-refractivity contribution is -0.134. The lowest BCUT2D eigenvalue weighted by Gasteiger charge is -2.32. The number of likely N-dealkylation sites (N-methyl/N-ethyl adjacent to an activating group) is 1. The van der Waals surface area contributed by atoms with Crippen LogP contribution in [-0.4, -0.2) is 60.0 Å². The quantitative estimate of drug-likeness (QED) is 0.386. The summed E-state index contributed by atoms with van der Waals surface area (Å²) in [6, 6.07) is 0. The fourth-order valence-electron chi connectivity index (χ4n) is 1.89. The summed E-state index contributed by atoms with van der Waals surface area (Å²) in [5.41, 5.74) is 1.54. The number of carbonyl (C=O) groups excluding carboxylic acids is 1. The summed E-state index contributed by atoms with van der Waals surface area (Å²) >= 11 is 4.25. The highest BCUT2D eigenvalue weighted by atomic mass is 32.1. The second-order valence-electron chi connectivity index (χ2n) is 4.87. The number of nitrogens with zero attached hydrogens (tertiary/aromatic N) is 2. The molecule has 108 valence electrons. The SMILES string of the molecule is CC/C(=C/N[C@H](C)S)C(=N)CN1CCN(C)C(=O)C1. The van der Waals surface area contributed by atoms with Crippen LogP contribution in [0.4, 0.5) is 0 Å². The number of rotatable bonds is 6. The molecule has 1 aliphatic heterocycles. The number of hydrogen-bond acceptors (Lipinski definition) is 5. The molecule has 1 heterocycles. The van der Waals surface area contributed by atoms with E-state index >= 15 is 0 Å². The summed E-state index contributed by atoms with van der Waals surface area (Å²) in [6.07, 6.45) is 2.66. The van der Waals surface area contributed by atoms with Gasteiger partial charge >= 0.3 is 0 Å². The molecule has 1 fully saturated rings. The maximum absolute atomic E-state index is 11.6. The minimum atomic E-state index is 0.0690.